The van der Waals surface area contributed by atoms with Crippen LogP contribution in [0.3, 0.4) is 0 Å². The van der Waals surface area contributed by atoms with Gasteiger partial charge in [0.1, 0.15) is 5.75 Å². The van der Waals surface area contributed by atoms with Gasteiger partial charge >= 0.3 is 0 Å². The van der Waals surface area contributed by atoms with E-state index in [-0.39, 0.29) is 13.4 Å². The molecular weight excluding hydrogens is 206 g/mol. The molecule has 2 rings (SSSR count). The lowest BCUT2D eigenvalue weighted by molar-refractivity contribution is -0.0178. The minimum absolute atomic E-state index is 0.259. The maximum atomic E-state index is 5.99. The fourth-order valence-corrected chi connectivity index (χ4v) is 1.66. The van der Waals surface area contributed by atoms with Crippen molar-refractivity contribution >= 4 is 11.6 Å². The molecule has 2 N–H and O–H groups in total. The highest BCUT2D eigenvalue weighted by atomic mass is 35.5. The molecule has 1 aromatic carbocycles. The third-order valence-corrected chi connectivity index (χ3v) is 2.46. The predicted octanol–water partition coefficient (Wildman–Crippen LogP) is 1.60. The van der Waals surface area contributed by atoms with E-state index in [0.29, 0.717) is 11.6 Å². The second kappa shape index (κ2) is 4.14. The minimum atomic E-state index is 0.259. The highest BCUT2D eigenvalue weighted by molar-refractivity contribution is 6.31. The quantitative estimate of drug-likeness (QED) is 0.762. The van der Waals surface area contributed by atoms with Crippen molar-refractivity contribution in [3.05, 3.63) is 28.3 Å². The zero-order valence-electron chi connectivity index (χ0n) is 7.46. The number of rotatable bonds is 2. The molecule has 0 saturated heterocycles. The lowest BCUT2D eigenvalue weighted by Gasteiger charge is -2.20. The molecular formula is C9H10ClNO3. The lowest BCUT2D eigenvalue weighted by Crippen LogP contribution is -2.14. The standard InChI is InChI=1S/C9H10ClNO3/c10-8-1-2-9-7(3-12-5-13-9)6(8)4-14-11/h1-2H,3-5,11H2. The van der Waals surface area contributed by atoms with Crippen LogP contribution in [0, 0.1) is 0 Å². The van der Waals surface area contributed by atoms with Crippen molar-refractivity contribution in [3.8, 4) is 5.75 Å². The van der Waals surface area contributed by atoms with Gasteiger partial charge < -0.3 is 9.47 Å². The Morgan fingerprint density at radius 3 is 3.14 bits per heavy atom. The Morgan fingerprint density at radius 2 is 2.36 bits per heavy atom. The lowest BCUT2D eigenvalue weighted by atomic mass is 10.1. The molecule has 0 aliphatic carbocycles. The molecule has 1 heterocycles. The van der Waals surface area contributed by atoms with Gasteiger partial charge in [-0.3, -0.25) is 4.84 Å². The van der Waals surface area contributed by atoms with E-state index in [1.807, 2.05) is 6.07 Å². The molecule has 0 bridgehead atoms. The average Bonchev–Trinajstić information content (AvgIpc) is 2.23. The van der Waals surface area contributed by atoms with E-state index in [1.54, 1.807) is 6.07 Å². The van der Waals surface area contributed by atoms with E-state index >= 15 is 0 Å². The first kappa shape index (κ1) is 9.73. The van der Waals surface area contributed by atoms with Crippen molar-refractivity contribution in [2.24, 2.45) is 5.90 Å². The van der Waals surface area contributed by atoms with Gasteiger partial charge in [-0.2, -0.15) is 0 Å². The summed E-state index contributed by atoms with van der Waals surface area (Å²) in [6, 6.07) is 3.58. The van der Waals surface area contributed by atoms with Gasteiger partial charge in [-0.05, 0) is 12.1 Å². The van der Waals surface area contributed by atoms with E-state index in [9.17, 15) is 0 Å². The van der Waals surface area contributed by atoms with E-state index in [0.717, 1.165) is 16.9 Å². The summed E-state index contributed by atoms with van der Waals surface area (Å²) in [6.07, 6.45) is 0. The molecule has 0 amide bonds. The molecule has 0 fully saturated rings. The second-order valence-corrected chi connectivity index (χ2v) is 3.33. The fraction of sp³-hybridized carbons (Fsp3) is 0.333. The van der Waals surface area contributed by atoms with E-state index in [4.69, 9.17) is 27.0 Å². The summed E-state index contributed by atoms with van der Waals surface area (Å²) in [7, 11) is 0. The van der Waals surface area contributed by atoms with E-state index in [1.165, 1.54) is 0 Å². The van der Waals surface area contributed by atoms with Gasteiger partial charge in [-0.15, -0.1) is 0 Å². The van der Waals surface area contributed by atoms with Crippen LogP contribution in [0.1, 0.15) is 11.1 Å². The molecule has 0 saturated carbocycles. The van der Waals surface area contributed by atoms with Gasteiger partial charge in [-0.1, -0.05) is 11.6 Å². The van der Waals surface area contributed by atoms with Crippen LogP contribution in [-0.2, 0) is 22.8 Å². The molecule has 5 heteroatoms. The first-order valence-electron chi connectivity index (χ1n) is 4.15. The fourth-order valence-electron chi connectivity index (χ4n) is 1.42. The van der Waals surface area contributed by atoms with Crippen LogP contribution in [0.25, 0.3) is 0 Å². The number of hydrogen-bond acceptors (Lipinski definition) is 4. The highest BCUT2D eigenvalue weighted by Crippen LogP contribution is 2.32. The summed E-state index contributed by atoms with van der Waals surface area (Å²) in [5, 5.41) is 0.614. The molecule has 0 radical (unpaired) electrons. The number of halogens is 1. The van der Waals surface area contributed by atoms with Crippen LogP contribution in [0.15, 0.2) is 12.1 Å². The van der Waals surface area contributed by atoms with Crippen molar-refractivity contribution in [2.45, 2.75) is 13.2 Å². The Kier molecular flexibility index (Phi) is 2.88. The SMILES string of the molecule is NOCc1c(Cl)ccc2c1COCO2. The summed E-state index contributed by atoms with van der Waals surface area (Å²) >= 11 is 5.99. The van der Waals surface area contributed by atoms with Gasteiger partial charge in [0.05, 0.1) is 13.2 Å². The zero-order valence-corrected chi connectivity index (χ0v) is 8.21. The number of nitrogens with two attached hydrogens (primary N) is 1. The zero-order chi connectivity index (χ0) is 9.97. The molecule has 1 aromatic rings. The Morgan fingerprint density at radius 1 is 1.50 bits per heavy atom. The maximum absolute atomic E-state index is 5.99. The molecule has 4 nitrogen and oxygen atoms in total. The predicted molar refractivity (Wildman–Crippen MR) is 50.7 cm³/mol. The molecule has 14 heavy (non-hydrogen) atoms. The van der Waals surface area contributed by atoms with Crippen molar-refractivity contribution in [3.63, 3.8) is 0 Å². The van der Waals surface area contributed by atoms with Crippen molar-refractivity contribution < 1.29 is 14.3 Å². The van der Waals surface area contributed by atoms with E-state index < -0.39 is 0 Å². The second-order valence-electron chi connectivity index (χ2n) is 2.92. The van der Waals surface area contributed by atoms with Crippen LogP contribution < -0.4 is 10.6 Å². The Bertz CT molecular complexity index is 343. The van der Waals surface area contributed by atoms with E-state index in [2.05, 4.69) is 4.84 Å². The van der Waals surface area contributed by atoms with Crippen LogP contribution in [0.5, 0.6) is 5.75 Å². The van der Waals surface area contributed by atoms with Crippen LogP contribution in [0.2, 0.25) is 5.02 Å². The molecule has 0 spiro atoms. The Hall–Kier alpha value is -0.810. The average molecular weight is 216 g/mol. The van der Waals surface area contributed by atoms with Gasteiger partial charge in [0, 0.05) is 16.1 Å². The summed E-state index contributed by atoms with van der Waals surface area (Å²) in [4.78, 5) is 4.58. The number of ether oxygens (including phenoxy) is 2. The monoisotopic (exact) mass is 215 g/mol. The molecule has 76 valence electrons. The summed E-state index contributed by atoms with van der Waals surface area (Å²) < 4.78 is 10.4. The highest BCUT2D eigenvalue weighted by Gasteiger charge is 2.17. The van der Waals surface area contributed by atoms with Crippen molar-refractivity contribution in [1.82, 2.24) is 0 Å². The van der Waals surface area contributed by atoms with Crippen LogP contribution in [0.4, 0.5) is 0 Å². The van der Waals surface area contributed by atoms with Gasteiger partial charge in [0.15, 0.2) is 6.79 Å². The Balaban J connectivity index is 2.43. The largest absolute Gasteiger partial charge is 0.467 e. The van der Waals surface area contributed by atoms with Gasteiger partial charge in [0.25, 0.3) is 0 Å². The van der Waals surface area contributed by atoms with Crippen LogP contribution in [-0.4, -0.2) is 6.79 Å². The number of benzene rings is 1. The van der Waals surface area contributed by atoms with Gasteiger partial charge in [0.2, 0.25) is 0 Å². The maximum Gasteiger partial charge on any atom is 0.189 e. The molecule has 0 aromatic heterocycles. The topological polar surface area (TPSA) is 53.7 Å². The summed E-state index contributed by atoms with van der Waals surface area (Å²) in [6.45, 7) is 1.01. The third kappa shape index (κ3) is 1.69. The minimum Gasteiger partial charge on any atom is -0.467 e. The Labute approximate surface area is 86.5 Å². The first-order valence-corrected chi connectivity index (χ1v) is 4.53. The first-order chi connectivity index (χ1) is 6.83. The molecule has 1 aliphatic rings. The smallest absolute Gasteiger partial charge is 0.189 e. The number of fused-ring (bicyclic) bond motifs is 1. The van der Waals surface area contributed by atoms with Crippen molar-refractivity contribution in [1.29, 1.82) is 0 Å². The molecule has 0 atom stereocenters. The van der Waals surface area contributed by atoms with Gasteiger partial charge in [-0.25, -0.2) is 5.90 Å². The van der Waals surface area contributed by atoms with Crippen molar-refractivity contribution in [2.75, 3.05) is 6.79 Å². The molecule has 1 aliphatic heterocycles. The third-order valence-electron chi connectivity index (χ3n) is 2.10. The summed E-state index contributed by atoms with van der Waals surface area (Å²) in [5.74, 6) is 5.81. The van der Waals surface area contributed by atoms with Crippen LogP contribution >= 0.6 is 11.6 Å². The molecule has 0 unspecified atom stereocenters. The summed E-state index contributed by atoms with van der Waals surface area (Å²) in [5.41, 5.74) is 1.74. The number of hydrogen-bond donors (Lipinski definition) is 1. The normalized spacial score (nSPS) is 14.7.